The first kappa shape index (κ1) is 19.3. The van der Waals surface area contributed by atoms with Crippen molar-refractivity contribution in [1.29, 1.82) is 0 Å². The van der Waals surface area contributed by atoms with E-state index in [0.717, 1.165) is 28.8 Å². The van der Waals surface area contributed by atoms with Gasteiger partial charge in [0.2, 0.25) is 0 Å². The number of ether oxygens (including phenoxy) is 1. The monoisotopic (exact) mass is 439 g/mol. The summed E-state index contributed by atoms with van der Waals surface area (Å²) in [4.78, 5) is 11.7. The molecule has 0 fully saturated rings. The minimum absolute atomic E-state index is 0.229. The van der Waals surface area contributed by atoms with Crippen molar-refractivity contribution in [3.8, 4) is 5.75 Å². The predicted molar refractivity (Wildman–Crippen MR) is 118 cm³/mol. The Labute approximate surface area is 182 Å². The van der Waals surface area contributed by atoms with Crippen molar-refractivity contribution in [3.63, 3.8) is 0 Å². The van der Waals surface area contributed by atoms with Crippen molar-refractivity contribution in [2.45, 2.75) is 50.2 Å². The number of nitrogen functional groups attached to an aromatic ring is 1. The maximum Gasteiger partial charge on any atom is 0.277 e. The summed E-state index contributed by atoms with van der Waals surface area (Å²) in [5.41, 5.74) is 8.82. The number of nitrogens with zero attached hydrogens (tertiary/aromatic N) is 4. The van der Waals surface area contributed by atoms with Crippen LogP contribution in [0.5, 0.6) is 5.75 Å². The Morgan fingerprint density at radius 3 is 2.83 bits per heavy atom. The largest absolute Gasteiger partial charge is 0.484 e. The quantitative estimate of drug-likeness (QED) is 0.431. The van der Waals surface area contributed by atoms with E-state index in [4.69, 9.17) is 19.9 Å². The summed E-state index contributed by atoms with van der Waals surface area (Å²) in [5, 5.41) is 9.64. The highest BCUT2D eigenvalue weighted by Crippen LogP contribution is 2.38. The number of aryl methyl sites for hydroxylation is 3. The molecule has 30 heavy (non-hydrogen) atoms. The standard InChI is InChI=1S/C21H21N5O2S2/c1-12-6-8-13(9-7-12)27-10-17-25-26-21(28-17)29-11-16-23-19(22)18-14-4-2-3-5-15(14)30-20(18)24-16/h6-9H,2-5,10-11H2,1H3,(H2,22,23,24). The third kappa shape index (κ3) is 3.99. The zero-order chi connectivity index (χ0) is 20.5. The third-order valence-electron chi connectivity index (χ3n) is 5.05. The number of rotatable bonds is 6. The Bertz CT molecular complexity index is 1190. The van der Waals surface area contributed by atoms with Gasteiger partial charge in [-0.15, -0.1) is 21.5 Å². The van der Waals surface area contributed by atoms with Crippen molar-refractivity contribution in [3.05, 3.63) is 52.0 Å². The second kappa shape index (κ2) is 8.23. The number of thiophene rings is 1. The summed E-state index contributed by atoms with van der Waals surface area (Å²) in [6.07, 6.45) is 4.65. The van der Waals surface area contributed by atoms with Crippen molar-refractivity contribution in [2.24, 2.45) is 0 Å². The Hall–Kier alpha value is -2.65. The second-order valence-corrected chi connectivity index (χ2v) is 9.28. The van der Waals surface area contributed by atoms with Crippen molar-refractivity contribution in [1.82, 2.24) is 20.2 Å². The van der Waals surface area contributed by atoms with E-state index in [1.54, 1.807) is 11.3 Å². The number of fused-ring (bicyclic) bond motifs is 3. The first-order valence-electron chi connectivity index (χ1n) is 9.87. The minimum atomic E-state index is 0.229. The molecule has 0 radical (unpaired) electrons. The van der Waals surface area contributed by atoms with Gasteiger partial charge < -0.3 is 14.9 Å². The molecule has 9 heteroatoms. The Morgan fingerprint density at radius 2 is 1.97 bits per heavy atom. The number of aromatic nitrogens is 4. The van der Waals surface area contributed by atoms with Crippen LogP contribution in [0.1, 0.15) is 40.6 Å². The van der Waals surface area contributed by atoms with Crippen LogP contribution in [0.15, 0.2) is 33.9 Å². The fraction of sp³-hybridized carbons (Fsp3) is 0.333. The van der Waals surface area contributed by atoms with Gasteiger partial charge in [-0.2, -0.15) is 0 Å². The molecular formula is C21H21N5O2S2. The Morgan fingerprint density at radius 1 is 1.13 bits per heavy atom. The van der Waals surface area contributed by atoms with Gasteiger partial charge in [-0.1, -0.05) is 29.5 Å². The molecule has 4 aromatic rings. The van der Waals surface area contributed by atoms with Gasteiger partial charge in [0.05, 0.1) is 11.1 Å². The minimum Gasteiger partial charge on any atom is -0.484 e. The van der Waals surface area contributed by atoms with Gasteiger partial charge >= 0.3 is 0 Å². The van der Waals surface area contributed by atoms with Crippen LogP contribution in [0.3, 0.4) is 0 Å². The summed E-state index contributed by atoms with van der Waals surface area (Å²) in [6, 6.07) is 7.83. The summed E-state index contributed by atoms with van der Waals surface area (Å²) in [6.45, 7) is 2.26. The molecule has 0 saturated carbocycles. The molecule has 0 amide bonds. The predicted octanol–water partition coefficient (Wildman–Crippen LogP) is 4.72. The van der Waals surface area contributed by atoms with E-state index in [9.17, 15) is 0 Å². The highest BCUT2D eigenvalue weighted by Gasteiger charge is 2.20. The van der Waals surface area contributed by atoms with E-state index >= 15 is 0 Å². The number of thioether (sulfide) groups is 1. The van der Waals surface area contributed by atoms with E-state index in [2.05, 4.69) is 15.2 Å². The number of hydrogen-bond donors (Lipinski definition) is 1. The molecule has 7 nitrogen and oxygen atoms in total. The molecule has 1 aromatic carbocycles. The number of nitrogens with two attached hydrogens (primary N) is 1. The van der Waals surface area contributed by atoms with Gasteiger partial charge in [0.15, 0.2) is 6.61 Å². The average Bonchev–Trinajstić information content (AvgIpc) is 3.36. The van der Waals surface area contributed by atoms with Gasteiger partial charge in [0.1, 0.15) is 22.2 Å². The van der Waals surface area contributed by atoms with E-state index in [1.165, 1.54) is 40.6 Å². The van der Waals surface area contributed by atoms with Crippen molar-refractivity contribution >= 4 is 39.1 Å². The maximum absolute atomic E-state index is 6.28. The highest BCUT2D eigenvalue weighted by molar-refractivity contribution is 7.98. The average molecular weight is 440 g/mol. The first-order chi connectivity index (χ1) is 14.7. The number of anilines is 1. The van der Waals surface area contributed by atoms with E-state index in [-0.39, 0.29) is 6.61 Å². The molecular weight excluding hydrogens is 418 g/mol. The molecule has 1 aliphatic rings. The van der Waals surface area contributed by atoms with Crippen LogP contribution >= 0.6 is 23.1 Å². The van der Waals surface area contributed by atoms with Crippen LogP contribution in [0.2, 0.25) is 0 Å². The van der Waals surface area contributed by atoms with Crippen molar-refractivity contribution in [2.75, 3.05) is 5.73 Å². The molecule has 5 rings (SSSR count). The fourth-order valence-electron chi connectivity index (χ4n) is 3.56. The van der Waals surface area contributed by atoms with E-state index in [0.29, 0.717) is 28.5 Å². The zero-order valence-corrected chi connectivity index (χ0v) is 18.2. The molecule has 0 bridgehead atoms. The van der Waals surface area contributed by atoms with Gasteiger partial charge in [-0.25, -0.2) is 9.97 Å². The molecule has 0 saturated heterocycles. The lowest BCUT2D eigenvalue weighted by molar-refractivity contribution is 0.252. The lowest BCUT2D eigenvalue weighted by atomic mass is 9.97. The molecule has 2 N–H and O–H groups in total. The highest BCUT2D eigenvalue weighted by atomic mass is 32.2. The van der Waals surface area contributed by atoms with Crippen LogP contribution in [0.4, 0.5) is 5.82 Å². The summed E-state index contributed by atoms with van der Waals surface area (Å²) in [7, 11) is 0. The zero-order valence-electron chi connectivity index (χ0n) is 16.6. The summed E-state index contributed by atoms with van der Waals surface area (Å²) in [5.74, 6) is 2.97. The van der Waals surface area contributed by atoms with E-state index in [1.807, 2.05) is 31.2 Å². The van der Waals surface area contributed by atoms with Crippen LogP contribution in [-0.2, 0) is 25.2 Å². The molecule has 3 aromatic heterocycles. The van der Waals surface area contributed by atoms with Crippen LogP contribution in [0.25, 0.3) is 10.2 Å². The van der Waals surface area contributed by atoms with E-state index < -0.39 is 0 Å². The second-order valence-electron chi connectivity index (χ2n) is 7.27. The topological polar surface area (TPSA) is 100.0 Å². The maximum atomic E-state index is 6.28. The fourth-order valence-corrected chi connectivity index (χ4v) is 5.48. The molecule has 154 valence electrons. The Balaban J connectivity index is 1.24. The molecule has 0 aliphatic heterocycles. The lowest BCUT2D eigenvalue weighted by Crippen LogP contribution is -2.02. The van der Waals surface area contributed by atoms with Crippen LogP contribution in [-0.4, -0.2) is 20.2 Å². The first-order valence-corrected chi connectivity index (χ1v) is 11.7. The molecule has 3 heterocycles. The SMILES string of the molecule is Cc1ccc(OCc2nnc(SCc3nc(N)c4c5c(sc4n3)CCCC5)o2)cc1. The molecule has 0 unspecified atom stereocenters. The van der Waals surface area contributed by atoms with Crippen LogP contribution in [0, 0.1) is 6.92 Å². The third-order valence-corrected chi connectivity index (χ3v) is 7.05. The Kier molecular flexibility index (Phi) is 5.30. The smallest absolute Gasteiger partial charge is 0.277 e. The summed E-state index contributed by atoms with van der Waals surface area (Å²) < 4.78 is 11.3. The van der Waals surface area contributed by atoms with Crippen molar-refractivity contribution < 1.29 is 9.15 Å². The number of benzene rings is 1. The van der Waals surface area contributed by atoms with Gasteiger partial charge in [0.25, 0.3) is 11.1 Å². The molecule has 0 spiro atoms. The molecule has 1 aliphatic carbocycles. The van der Waals surface area contributed by atoms with Gasteiger partial charge in [-0.3, -0.25) is 0 Å². The normalized spacial score (nSPS) is 13.5. The van der Waals surface area contributed by atoms with Gasteiger partial charge in [0, 0.05) is 4.88 Å². The van der Waals surface area contributed by atoms with Gasteiger partial charge in [-0.05, 0) is 50.3 Å². The van der Waals surface area contributed by atoms with Crippen LogP contribution < -0.4 is 10.5 Å². The number of hydrogen-bond acceptors (Lipinski definition) is 9. The lowest BCUT2D eigenvalue weighted by Gasteiger charge is -2.10. The summed E-state index contributed by atoms with van der Waals surface area (Å²) >= 11 is 3.15. The molecule has 0 atom stereocenters.